The van der Waals surface area contributed by atoms with Crippen molar-refractivity contribution in [1.82, 2.24) is 0 Å². The summed E-state index contributed by atoms with van der Waals surface area (Å²) < 4.78 is 0. The average Bonchev–Trinajstić information content (AvgIpc) is 2.41. The Hall–Kier alpha value is -0.468. The van der Waals surface area contributed by atoms with Gasteiger partial charge in [-0.05, 0) is 0 Å². The summed E-state index contributed by atoms with van der Waals surface area (Å²) in [5.74, 6) is 0. The molecule has 0 aromatic heterocycles. The van der Waals surface area contributed by atoms with Crippen molar-refractivity contribution in [2.45, 2.75) is 4.89 Å². The Morgan fingerprint density at radius 1 is 0.778 bits per heavy atom. The predicted molar refractivity (Wildman–Crippen MR) is 80.6 cm³/mol. The van der Waals surface area contributed by atoms with Gasteiger partial charge in [-0.25, -0.2) is 0 Å². The first-order chi connectivity index (χ1) is 8.57. The van der Waals surface area contributed by atoms with E-state index in [0.29, 0.717) is 0 Å². The van der Waals surface area contributed by atoms with Crippen LogP contribution in [0.3, 0.4) is 0 Å². The minimum absolute atomic E-state index is 1.08. The molecule has 0 atom stereocenters. The molecule has 0 bridgehead atoms. The van der Waals surface area contributed by atoms with Crippen LogP contribution < -0.4 is 10.6 Å². The number of hydrogen-bond donors (Lipinski definition) is 0. The van der Waals surface area contributed by atoms with Crippen molar-refractivity contribution >= 4 is 17.2 Å². The third-order valence-electron chi connectivity index (χ3n) is 3.91. The van der Waals surface area contributed by atoms with Crippen LogP contribution in [0, 0.1) is 0 Å². The summed E-state index contributed by atoms with van der Waals surface area (Å²) >= 11 is 3.38. The molecule has 0 radical (unpaired) electrons. The molecule has 99 valence electrons. The van der Waals surface area contributed by atoms with Gasteiger partial charge in [0.1, 0.15) is 0 Å². The fraction of sp³-hybridized carbons (Fsp3) is 0.250. The Labute approximate surface area is 121 Å². The molecule has 2 rings (SSSR count). The predicted octanol–water partition coefficient (Wildman–Crippen LogP) is 3.42. The zero-order valence-corrected chi connectivity index (χ0v) is 13.4. The first-order valence-corrected chi connectivity index (χ1v) is 10.6. The molecule has 0 saturated carbocycles. The summed E-state index contributed by atoms with van der Waals surface area (Å²) in [6.45, 7) is 2.93. The summed E-state index contributed by atoms with van der Waals surface area (Å²) in [4.78, 5) is 1.08. The van der Waals surface area contributed by atoms with Gasteiger partial charge < -0.3 is 0 Å². The molecule has 0 nitrogen and oxygen atoms in total. The van der Waals surface area contributed by atoms with E-state index in [1.165, 1.54) is 16.8 Å². The molecule has 0 fully saturated rings. The van der Waals surface area contributed by atoms with Crippen LogP contribution in [-0.2, 0) is 19.2 Å². The molecule has 0 aliphatic carbocycles. The van der Waals surface area contributed by atoms with E-state index in [1.807, 2.05) is 0 Å². The fourth-order valence-corrected chi connectivity index (χ4v) is 9.06. The zero-order valence-electron chi connectivity index (χ0n) is 11.0. The topological polar surface area (TPSA) is 0 Å². The molecule has 0 saturated heterocycles. The van der Waals surface area contributed by atoms with Gasteiger partial charge in [0.25, 0.3) is 0 Å². The van der Waals surface area contributed by atoms with Crippen LogP contribution in [0.25, 0.3) is 0 Å². The van der Waals surface area contributed by atoms with Crippen molar-refractivity contribution in [3.8, 4) is 0 Å². The Kier molecular flexibility index (Phi) is 4.08. The summed E-state index contributed by atoms with van der Waals surface area (Å²) in [7, 11) is 0. The van der Waals surface area contributed by atoms with Crippen molar-refractivity contribution in [2.75, 3.05) is 19.5 Å². The van der Waals surface area contributed by atoms with Gasteiger partial charge >= 0.3 is 121 Å². The molecule has 2 heteroatoms. The molecule has 2 aromatic carbocycles. The molecular formula is C16H20PPd. The first-order valence-electron chi connectivity index (χ1n) is 6.20. The Morgan fingerprint density at radius 3 is 1.50 bits per heavy atom. The number of hydrogen-bond acceptors (Lipinski definition) is 0. The van der Waals surface area contributed by atoms with Gasteiger partial charge in [-0.2, -0.15) is 0 Å². The zero-order chi connectivity index (χ0) is 13.1. The second-order valence-electron chi connectivity index (χ2n) is 5.45. The van der Waals surface area contributed by atoms with Crippen molar-refractivity contribution in [3.05, 3.63) is 60.7 Å². The standard InChI is InChI=1S/C16H20P.Pd/c1-4-17(2,3,15-11-7-5-8-12-15)16-13-9-6-10-14-16;/h5-14H,1,4H2,2-3H3;. The van der Waals surface area contributed by atoms with Crippen molar-refractivity contribution < 1.29 is 19.2 Å². The Morgan fingerprint density at radius 2 is 1.17 bits per heavy atom. The second kappa shape index (κ2) is 5.26. The third kappa shape index (κ3) is 2.46. The fourth-order valence-electron chi connectivity index (χ4n) is 2.43. The van der Waals surface area contributed by atoms with E-state index in [9.17, 15) is 0 Å². The van der Waals surface area contributed by atoms with E-state index in [0.717, 1.165) is 4.89 Å². The van der Waals surface area contributed by atoms with Crippen LogP contribution in [0.15, 0.2) is 60.7 Å². The van der Waals surface area contributed by atoms with Gasteiger partial charge in [0.15, 0.2) is 0 Å². The van der Waals surface area contributed by atoms with Crippen LogP contribution in [0.4, 0.5) is 0 Å². The number of benzene rings is 2. The molecule has 0 unspecified atom stereocenters. The Bertz CT molecular complexity index is 462. The van der Waals surface area contributed by atoms with Crippen LogP contribution >= 0.6 is 6.60 Å². The molecule has 2 aromatic rings. The Balaban J connectivity index is 2.63. The molecule has 18 heavy (non-hydrogen) atoms. The summed E-state index contributed by atoms with van der Waals surface area (Å²) in [6.07, 6.45) is 1.21. The third-order valence-corrected chi connectivity index (χ3v) is 10.3. The molecule has 0 heterocycles. The maximum absolute atomic E-state index is 3.38. The van der Waals surface area contributed by atoms with E-state index in [4.69, 9.17) is 0 Å². The summed E-state index contributed by atoms with van der Waals surface area (Å²) in [5.41, 5.74) is 0. The van der Waals surface area contributed by atoms with E-state index in [1.54, 1.807) is 0 Å². The van der Waals surface area contributed by atoms with Gasteiger partial charge in [-0.3, -0.25) is 0 Å². The monoisotopic (exact) mass is 349 g/mol. The molecule has 0 spiro atoms. The van der Waals surface area contributed by atoms with Gasteiger partial charge in [0.05, 0.1) is 0 Å². The first kappa shape index (κ1) is 14.0. The average molecular weight is 350 g/mol. The summed E-state index contributed by atoms with van der Waals surface area (Å²) in [5, 5.41) is 3.00. The molecule has 0 amide bonds. The van der Waals surface area contributed by atoms with Crippen molar-refractivity contribution in [3.63, 3.8) is 0 Å². The van der Waals surface area contributed by atoms with E-state index >= 15 is 0 Å². The van der Waals surface area contributed by atoms with Gasteiger partial charge in [-0.15, -0.1) is 0 Å². The van der Waals surface area contributed by atoms with Gasteiger partial charge in [0.2, 0.25) is 0 Å². The van der Waals surface area contributed by atoms with Crippen LogP contribution in [0.2, 0.25) is 4.89 Å². The van der Waals surface area contributed by atoms with Gasteiger partial charge in [0, 0.05) is 0 Å². The maximum atomic E-state index is 3.38. The second-order valence-corrected chi connectivity index (χ2v) is 12.5. The minimum atomic E-state index is -2.03. The van der Waals surface area contributed by atoms with Crippen molar-refractivity contribution in [1.29, 1.82) is 0 Å². The molecule has 0 N–H and O–H groups in total. The molecule has 0 aliphatic heterocycles. The number of rotatable bonds is 4. The van der Waals surface area contributed by atoms with Crippen molar-refractivity contribution in [2.24, 2.45) is 0 Å². The van der Waals surface area contributed by atoms with Crippen LogP contribution in [0.5, 0.6) is 0 Å². The van der Waals surface area contributed by atoms with E-state index in [2.05, 4.69) is 93.2 Å². The van der Waals surface area contributed by atoms with Crippen LogP contribution in [-0.4, -0.2) is 19.5 Å². The van der Waals surface area contributed by atoms with E-state index < -0.39 is 6.60 Å². The quantitative estimate of drug-likeness (QED) is 0.586. The normalized spacial score (nSPS) is 13.9. The molecule has 0 aliphatic rings. The van der Waals surface area contributed by atoms with Crippen LogP contribution in [0.1, 0.15) is 0 Å². The SMILES string of the molecule is CP(C)(C[CH2][Pd])(c1ccccc1)c1ccccc1. The summed E-state index contributed by atoms with van der Waals surface area (Å²) in [6, 6.07) is 22.0. The van der Waals surface area contributed by atoms with E-state index in [-0.39, 0.29) is 0 Å². The van der Waals surface area contributed by atoms with Gasteiger partial charge in [-0.1, -0.05) is 0 Å². The molecular weight excluding hydrogens is 330 g/mol.